The molecule has 0 unspecified atom stereocenters. The topological polar surface area (TPSA) is 17.1 Å². The number of allylic oxidation sites excluding steroid dienone is 5. The molecule has 2 fully saturated rings. The second-order valence-electron chi connectivity index (χ2n) is 6.31. The van der Waals surface area contributed by atoms with Crippen molar-refractivity contribution < 1.29 is 4.79 Å². The van der Waals surface area contributed by atoms with Crippen LogP contribution in [0.2, 0.25) is 0 Å². The molecule has 100 valence electrons. The SMILES string of the molecule is C=CC[C@]12CC=C[C@H]1[C@H]1[C@@H](C2=O)[C@@H](C=C)C[C@H]1C=C. The van der Waals surface area contributed by atoms with Gasteiger partial charge in [-0.15, -0.1) is 19.7 Å². The Hall–Kier alpha value is -1.37. The molecule has 3 aliphatic carbocycles. The number of carbonyl (C=O) groups excluding carboxylic acids is 1. The summed E-state index contributed by atoms with van der Waals surface area (Å²) in [6.45, 7) is 11.8. The average molecular weight is 254 g/mol. The molecule has 0 aromatic rings. The first-order chi connectivity index (χ1) is 9.19. The van der Waals surface area contributed by atoms with Gasteiger partial charge in [0.25, 0.3) is 0 Å². The average Bonchev–Trinajstić information content (AvgIpc) is 3.03. The molecule has 3 aliphatic rings. The first kappa shape index (κ1) is 12.7. The molecule has 0 amide bonds. The normalized spacial score (nSPS) is 46.9. The van der Waals surface area contributed by atoms with Crippen LogP contribution in [-0.4, -0.2) is 5.78 Å². The number of carbonyl (C=O) groups is 1. The predicted molar refractivity (Wildman–Crippen MR) is 78.5 cm³/mol. The van der Waals surface area contributed by atoms with Crippen molar-refractivity contribution in [2.45, 2.75) is 19.3 Å². The van der Waals surface area contributed by atoms with Crippen molar-refractivity contribution in [3.05, 3.63) is 50.1 Å². The molecule has 0 aromatic heterocycles. The van der Waals surface area contributed by atoms with E-state index < -0.39 is 0 Å². The summed E-state index contributed by atoms with van der Waals surface area (Å²) >= 11 is 0. The van der Waals surface area contributed by atoms with Gasteiger partial charge >= 0.3 is 0 Å². The van der Waals surface area contributed by atoms with Gasteiger partial charge in [0.05, 0.1) is 0 Å². The maximum atomic E-state index is 13.0. The zero-order chi connectivity index (χ0) is 13.6. The fourth-order valence-corrected chi connectivity index (χ4v) is 4.94. The summed E-state index contributed by atoms with van der Waals surface area (Å²) in [5.41, 5.74) is -0.194. The van der Waals surface area contributed by atoms with Gasteiger partial charge in [-0.3, -0.25) is 4.79 Å². The highest BCUT2D eigenvalue weighted by molar-refractivity contribution is 5.92. The molecule has 6 atom stereocenters. The van der Waals surface area contributed by atoms with E-state index in [1.807, 2.05) is 12.2 Å². The van der Waals surface area contributed by atoms with Crippen molar-refractivity contribution in [1.29, 1.82) is 0 Å². The van der Waals surface area contributed by atoms with Crippen LogP contribution in [0.3, 0.4) is 0 Å². The molecule has 0 bridgehead atoms. The number of ketones is 1. The highest BCUT2D eigenvalue weighted by Gasteiger charge is 2.64. The Bertz CT molecular complexity index is 470. The predicted octanol–water partition coefficient (Wildman–Crippen LogP) is 3.95. The summed E-state index contributed by atoms with van der Waals surface area (Å²) in [7, 11) is 0. The Morgan fingerprint density at radius 3 is 2.63 bits per heavy atom. The lowest BCUT2D eigenvalue weighted by Gasteiger charge is -2.30. The van der Waals surface area contributed by atoms with Crippen LogP contribution in [0.5, 0.6) is 0 Å². The lowest BCUT2D eigenvalue weighted by Crippen LogP contribution is -2.32. The molecule has 0 radical (unpaired) electrons. The van der Waals surface area contributed by atoms with Crippen LogP contribution in [0.4, 0.5) is 0 Å². The number of fused-ring (bicyclic) bond motifs is 3. The van der Waals surface area contributed by atoms with Gasteiger partial charge in [-0.2, -0.15) is 0 Å². The quantitative estimate of drug-likeness (QED) is 0.694. The van der Waals surface area contributed by atoms with Crippen LogP contribution < -0.4 is 0 Å². The highest BCUT2D eigenvalue weighted by Crippen LogP contribution is 2.64. The van der Waals surface area contributed by atoms with Gasteiger partial charge < -0.3 is 0 Å². The summed E-state index contributed by atoms with van der Waals surface area (Å²) in [5, 5.41) is 0. The fourth-order valence-electron chi connectivity index (χ4n) is 4.94. The van der Waals surface area contributed by atoms with Gasteiger partial charge in [-0.05, 0) is 42.9 Å². The van der Waals surface area contributed by atoms with Gasteiger partial charge in [0.15, 0.2) is 0 Å². The first-order valence-corrected chi connectivity index (χ1v) is 7.26. The maximum Gasteiger partial charge on any atom is 0.144 e. The van der Waals surface area contributed by atoms with Crippen molar-refractivity contribution >= 4 is 5.78 Å². The number of Topliss-reactive ketones (excluding diaryl/α,β-unsaturated/α-hetero) is 1. The fraction of sp³-hybridized carbons (Fsp3) is 0.500. The standard InChI is InChI=1S/C18H22O/c1-4-9-18-10-7-8-14(18)15-12(5-2)11-13(6-3)16(15)17(18)19/h4-8,12-16H,1-3,9-11H2/t12-,13+,14+,15+,16+,18+/m1/s1. The van der Waals surface area contributed by atoms with Crippen molar-refractivity contribution in [2.75, 3.05) is 0 Å². The Labute approximate surface area is 115 Å². The molecule has 0 saturated heterocycles. The van der Waals surface area contributed by atoms with E-state index in [2.05, 4.69) is 38.0 Å². The number of rotatable bonds is 4. The van der Waals surface area contributed by atoms with E-state index in [1.54, 1.807) is 0 Å². The Kier molecular flexibility index (Phi) is 2.88. The van der Waals surface area contributed by atoms with Crippen LogP contribution in [-0.2, 0) is 4.79 Å². The number of hydrogen-bond acceptors (Lipinski definition) is 1. The minimum absolute atomic E-state index is 0.162. The molecule has 2 saturated carbocycles. The van der Waals surface area contributed by atoms with E-state index in [1.165, 1.54) is 0 Å². The zero-order valence-electron chi connectivity index (χ0n) is 11.4. The molecular formula is C18H22O. The molecule has 1 nitrogen and oxygen atoms in total. The van der Waals surface area contributed by atoms with Gasteiger partial charge in [0.1, 0.15) is 5.78 Å². The van der Waals surface area contributed by atoms with Gasteiger partial charge in [0, 0.05) is 11.3 Å². The van der Waals surface area contributed by atoms with E-state index >= 15 is 0 Å². The van der Waals surface area contributed by atoms with E-state index in [0.29, 0.717) is 29.5 Å². The minimum Gasteiger partial charge on any atom is -0.299 e. The van der Waals surface area contributed by atoms with Gasteiger partial charge in [0.2, 0.25) is 0 Å². The molecule has 19 heavy (non-hydrogen) atoms. The lowest BCUT2D eigenvalue weighted by atomic mass is 9.71. The third kappa shape index (κ3) is 1.45. The second-order valence-corrected chi connectivity index (χ2v) is 6.31. The smallest absolute Gasteiger partial charge is 0.144 e. The third-order valence-corrected chi connectivity index (χ3v) is 5.70. The third-order valence-electron chi connectivity index (χ3n) is 5.70. The summed E-state index contributed by atoms with van der Waals surface area (Å²) in [6.07, 6.45) is 13.2. The molecule has 3 rings (SSSR count). The van der Waals surface area contributed by atoms with E-state index in [0.717, 1.165) is 19.3 Å². The lowest BCUT2D eigenvalue weighted by molar-refractivity contribution is -0.130. The maximum absolute atomic E-state index is 13.0. The van der Waals surface area contributed by atoms with E-state index in [-0.39, 0.29) is 11.3 Å². The molecule has 0 N–H and O–H groups in total. The zero-order valence-corrected chi connectivity index (χ0v) is 11.4. The molecule has 1 heteroatoms. The monoisotopic (exact) mass is 254 g/mol. The summed E-state index contributed by atoms with van der Waals surface area (Å²) in [6, 6.07) is 0. The molecular weight excluding hydrogens is 232 g/mol. The van der Waals surface area contributed by atoms with Crippen LogP contribution >= 0.6 is 0 Å². The summed E-state index contributed by atoms with van der Waals surface area (Å²) in [4.78, 5) is 13.0. The second kappa shape index (κ2) is 4.33. The van der Waals surface area contributed by atoms with Crippen molar-refractivity contribution in [3.63, 3.8) is 0 Å². The van der Waals surface area contributed by atoms with Crippen molar-refractivity contribution in [3.8, 4) is 0 Å². The number of hydrogen-bond donors (Lipinski definition) is 0. The van der Waals surface area contributed by atoms with E-state index in [9.17, 15) is 4.79 Å². The molecule has 0 aromatic carbocycles. The van der Waals surface area contributed by atoms with Gasteiger partial charge in [-0.1, -0.05) is 30.4 Å². The van der Waals surface area contributed by atoms with Crippen LogP contribution in [0.1, 0.15) is 19.3 Å². The van der Waals surface area contributed by atoms with Crippen LogP contribution in [0.15, 0.2) is 50.1 Å². The van der Waals surface area contributed by atoms with E-state index in [4.69, 9.17) is 0 Å². The van der Waals surface area contributed by atoms with Crippen LogP contribution in [0, 0.1) is 35.0 Å². The summed E-state index contributed by atoms with van der Waals surface area (Å²) in [5.74, 6) is 2.23. The summed E-state index contributed by atoms with van der Waals surface area (Å²) < 4.78 is 0. The minimum atomic E-state index is -0.194. The molecule has 0 heterocycles. The Morgan fingerprint density at radius 1 is 1.26 bits per heavy atom. The van der Waals surface area contributed by atoms with Crippen molar-refractivity contribution in [1.82, 2.24) is 0 Å². The van der Waals surface area contributed by atoms with Gasteiger partial charge in [-0.25, -0.2) is 0 Å². The largest absolute Gasteiger partial charge is 0.299 e. The Morgan fingerprint density at radius 2 is 2.00 bits per heavy atom. The molecule has 0 spiro atoms. The van der Waals surface area contributed by atoms with Crippen molar-refractivity contribution in [2.24, 2.45) is 35.0 Å². The highest BCUT2D eigenvalue weighted by atomic mass is 16.1. The Balaban J connectivity index is 2.06. The van der Waals surface area contributed by atoms with Crippen LogP contribution in [0.25, 0.3) is 0 Å². The molecule has 0 aliphatic heterocycles. The first-order valence-electron chi connectivity index (χ1n) is 7.26.